The number of para-hydroxylation sites is 2. The van der Waals surface area contributed by atoms with Crippen LogP contribution in [0.2, 0.25) is 0 Å². The summed E-state index contributed by atoms with van der Waals surface area (Å²) < 4.78 is 34.7. The summed E-state index contributed by atoms with van der Waals surface area (Å²) in [5.74, 6) is -0.880. The first-order valence-electron chi connectivity index (χ1n) is 12.5. The molecule has 0 saturated carbocycles. The van der Waals surface area contributed by atoms with Crippen LogP contribution in [0.5, 0.6) is 11.5 Å². The third-order valence-electron chi connectivity index (χ3n) is 7.06. The van der Waals surface area contributed by atoms with Crippen molar-refractivity contribution in [3.63, 3.8) is 0 Å². The number of carbonyl (C=O) groups is 1. The second-order valence-corrected chi connectivity index (χ2v) is 12.8. The second kappa shape index (κ2) is 12.5. The summed E-state index contributed by atoms with van der Waals surface area (Å²) >= 11 is 6.82. The third-order valence-corrected chi connectivity index (χ3v) is 9.34. The van der Waals surface area contributed by atoms with Gasteiger partial charge in [-0.15, -0.1) is 0 Å². The predicted octanol–water partition coefficient (Wildman–Crippen LogP) is 2.56. The fraction of sp³-hybridized carbons (Fsp3) is 0.480. The highest BCUT2D eigenvalue weighted by Crippen LogP contribution is 2.31. The molecule has 0 aliphatic carbocycles. The van der Waals surface area contributed by atoms with Crippen LogP contribution in [-0.4, -0.2) is 92.5 Å². The first kappa shape index (κ1) is 29.1. The van der Waals surface area contributed by atoms with E-state index in [9.17, 15) is 18.3 Å². The van der Waals surface area contributed by atoms with Gasteiger partial charge in [0.25, 0.3) is 0 Å². The lowest BCUT2D eigenvalue weighted by molar-refractivity contribution is -0.135. The zero-order valence-electron chi connectivity index (χ0n) is 21.1. The number of phenols is 1. The Bertz CT molecular complexity index is 1230. The van der Waals surface area contributed by atoms with Crippen LogP contribution >= 0.6 is 31.9 Å². The van der Waals surface area contributed by atoms with Crippen LogP contribution in [-0.2, 0) is 21.5 Å². The van der Waals surface area contributed by atoms with Crippen LogP contribution < -0.4 is 14.6 Å². The molecule has 208 valence electrons. The van der Waals surface area contributed by atoms with Gasteiger partial charge in [0.2, 0.25) is 5.91 Å². The SMILES string of the molecule is CN1CCC(N2CCN(C(=O)[C@@H](Cc3cc(Br)c(N)c(Br)c3)NS(=O)(=O)Oc3ccccc3O)CC2)CC1. The zero-order valence-corrected chi connectivity index (χ0v) is 25.1. The van der Waals surface area contributed by atoms with E-state index in [-0.39, 0.29) is 23.8 Å². The van der Waals surface area contributed by atoms with Crippen molar-refractivity contribution in [2.45, 2.75) is 31.3 Å². The van der Waals surface area contributed by atoms with E-state index < -0.39 is 16.3 Å². The van der Waals surface area contributed by atoms with Crippen molar-refractivity contribution in [2.75, 3.05) is 52.0 Å². The van der Waals surface area contributed by atoms with Crippen LogP contribution in [0.25, 0.3) is 0 Å². The van der Waals surface area contributed by atoms with Crippen molar-refractivity contribution in [1.29, 1.82) is 0 Å². The van der Waals surface area contributed by atoms with Crippen molar-refractivity contribution in [2.24, 2.45) is 0 Å². The molecule has 0 aromatic heterocycles. The van der Waals surface area contributed by atoms with E-state index in [1.165, 1.54) is 12.1 Å². The largest absolute Gasteiger partial charge is 0.504 e. The number of anilines is 1. The fourth-order valence-electron chi connectivity index (χ4n) is 4.90. The number of amides is 1. The summed E-state index contributed by atoms with van der Waals surface area (Å²) in [6, 6.07) is 8.66. The summed E-state index contributed by atoms with van der Waals surface area (Å²) in [5, 5.41) is 9.97. The number of nitrogens with one attached hydrogen (secondary N) is 1. The fourth-order valence-corrected chi connectivity index (χ4v) is 7.14. The number of piperazine rings is 1. The minimum atomic E-state index is -4.44. The molecule has 2 fully saturated rings. The van der Waals surface area contributed by atoms with E-state index in [0.717, 1.165) is 39.0 Å². The molecule has 4 rings (SSSR count). The maximum atomic E-state index is 13.7. The number of nitrogens with two attached hydrogens (primary N) is 1. The monoisotopic (exact) mass is 673 g/mol. The molecular weight excluding hydrogens is 642 g/mol. The molecule has 38 heavy (non-hydrogen) atoms. The lowest BCUT2D eigenvalue weighted by Crippen LogP contribution is -2.58. The number of likely N-dealkylation sites (tertiary alicyclic amines) is 1. The number of hydrogen-bond donors (Lipinski definition) is 3. The lowest BCUT2D eigenvalue weighted by atomic mass is 10.0. The van der Waals surface area contributed by atoms with Crippen LogP contribution in [0.15, 0.2) is 45.3 Å². The Labute approximate surface area is 240 Å². The molecule has 2 aliphatic heterocycles. The summed E-state index contributed by atoms with van der Waals surface area (Å²) in [7, 11) is -2.31. The highest BCUT2D eigenvalue weighted by molar-refractivity contribution is 9.11. The molecule has 13 heteroatoms. The number of phenolic OH excluding ortho intramolecular Hbond substituents is 1. The Hall–Kier alpha value is -1.90. The Morgan fingerprint density at radius 3 is 2.32 bits per heavy atom. The Kier molecular flexibility index (Phi) is 9.58. The van der Waals surface area contributed by atoms with Crippen molar-refractivity contribution in [3.8, 4) is 11.5 Å². The molecule has 1 amide bonds. The summed E-state index contributed by atoms with van der Waals surface area (Å²) in [6.07, 6.45) is 2.30. The number of halogens is 2. The van der Waals surface area contributed by atoms with Crippen molar-refractivity contribution in [3.05, 3.63) is 50.9 Å². The van der Waals surface area contributed by atoms with E-state index in [1.807, 2.05) is 0 Å². The summed E-state index contributed by atoms with van der Waals surface area (Å²) in [6.45, 7) is 4.65. The number of hydrogen-bond acceptors (Lipinski definition) is 8. The van der Waals surface area contributed by atoms with Crippen LogP contribution in [0.4, 0.5) is 5.69 Å². The van der Waals surface area contributed by atoms with E-state index in [2.05, 4.69) is 53.4 Å². The van der Waals surface area contributed by atoms with Gasteiger partial charge in [0.1, 0.15) is 6.04 Å². The average Bonchev–Trinajstić information content (AvgIpc) is 2.88. The number of piperidine rings is 1. The van der Waals surface area contributed by atoms with Crippen LogP contribution in [0.1, 0.15) is 18.4 Å². The third kappa shape index (κ3) is 7.39. The summed E-state index contributed by atoms with van der Waals surface area (Å²) in [5.41, 5.74) is 7.22. The predicted molar refractivity (Wildman–Crippen MR) is 153 cm³/mol. The summed E-state index contributed by atoms with van der Waals surface area (Å²) in [4.78, 5) is 20.2. The van der Waals surface area contributed by atoms with Gasteiger partial charge < -0.3 is 24.8 Å². The zero-order chi connectivity index (χ0) is 27.4. The normalized spacial score (nSPS) is 18.9. The number of nitrogens with zero attached hydrogens (tertiary/aromatic N) is 3. The van der Waals surface area contributed by atoms with E-state index in [4.69, 9.17) is 9.92 Å². The second-order valence-electron chi connectivity index (χ2n) is 9.75. The minimum Gasteiger partial charge on any atom is -0.504 e. The van der Waals surface area contributed by atoms with Gasteiger partial charge in [-0.05, 0) is 101 Å². The molecular formula is C25H33Br2N5O5S. The highest BCUT2D eigenvalue weighted by atomic mass is 79.9. The smallest absolute Gasteiger partial charge is 0.383 e. The first-order valence-corrected chi connectivity index (χ1v) is 15.5. The number of nitrogen functional groups attached to an aromatic ring is 1. The van der Waals surface area contributed by atoms with Crippen LogP contribution in [0, 0.1) is 0 Å². The molecule has 2 saturated heterocycles. The molecule has 0 spiro atoms. The molecule has 0 unspecified atom stereocenters. The van der Waals surface area contributed by atoms with Gasteiger partial charge in [-0.25, -0.2) is 0 Å². The molecule has 2 aromatic rings. The quantitative estimate of drug-likeness (QED) is 0.365. The molecule has 2 aromatic carbocycles. The number of benzene rings is 2. The van der Waals surface area contributed by atoms with Gasteiger partial charge in [0, 0.05) is 41.2 Å². The number of rotatable bonds is 8. The molecule has 2 heterocycles. The van der Waals surface area contributed by atoms with Crippen molar-refractivity contribution >= 4 is 53.8 Å². The molecule has 4 N–H and O–H groups in total. The molecule has 2 aliphatic rings. The minimum absolute atomic E-state index is 0.0782. The van der Waals surface area contributed by atoms with Gasteiger partial charge in [-0.1, -0.05) is 12.1 Å². The first-order chi connectivity index (χ1) is 18.0. The Morgan fingerprint density at radius 1 is 1.11 bits per heavy atom. The maximum Gasteiger partial charge on any atom is 0.383 e. The average molecular weight is 675 g/mol. The van der Waals surface area contributed by atoms with Gasteiger partial charge in [-0.3, -0.25) is 9.69 Å². The van der Waals surface area contributed by atoms with Crippen molar-refractivity contribution < 1.29 is 22.5 Å². The van der Waals surface area contributed by atoms with Gasteiger partial charge in [0.05, 0.1) is 5.69 Å². The van der Waals surface area contributed by atoms with Crippen LogP contribution in [0.3, 0.4) is 0 Å². The molecule has 10 nitrogen and oxygen atoms in total. The van der Waals surface area contributed by atoms with E-state index in [1.54, 1.807) is 29.2 Å². The Balaban J connectivity index is 1.49. The highest BCUT2D eigenvalue weighted by Gasteiger charge is 2.34. The number of aromatic hydroxyl groups is 1. The van der Waals surface area contributed by atoms with E-state index in [0.29, 0.717) is 39.3 Å². The Morgan fingerprint density at radius 2 is 1.71 bits per heavy atom. The number of carbonyl (C=O) groups excluding carboxylic acids is 1. The van der Waals surface area contributed by atoms with Crippen molar-refractivity contribution in [1.82, 2.24) is 19.4 Å². The van der Waals surface area contributed by atoms with Gasteiger partial charge in [-0.2, -0.15) is 13.1 Å². The van der Waals surface area contributed by atoms with Gasteiger partial charge >= 0.3 is 10.3 Å². The van der Waals surface area contributed by atoms with E-state index >= 15 is 0 Å². The molecule has 1 atom stereocenters. The van der Waals surface area contributed by atoms with Gasteiger partial charge in [0.15, 0.2) is 11.5 Å². The standard InChI is InChI=1S/C25H33Br2N5O5S/c1-30-8-6-18(7-9-30)31-10-12-32(13-11-31)25(34)21(16-17-14-19(26)24(28)20(27)15-17)29-38(35,36)37-23-5-3-2-4-22(23)33/h2-5,14-15,18,21,29,33H,6-13,16,28H2,1H3/t21-/m1/s1. The topological polar surface area (TPSA) is 128 Å². The maximum absolute atomic E-state index is 13.7. The molecule has 0 radical (unpaired) electrons. The lowest BCUT2D eigenvalue weighted by Gasteiger charge is -2.42. The molecule has 0 bridgehead atoms.